The van der Waals surface area contributed by atoms with Crippen LogP contribution in [0.2, 0.25) is 0 Å². The maximum absolute atomic E-state index is 12.5. The van der Waals surface area contributed by atoms with Crippen LogP contribution in [-0.2, 0) is 4.79 Å². The van der Waals surface area contributed by atoms with Crippen molar-refractivity contribution in [2.75, 3.05) is 26.2 Å². The summed E-state index contributed by atoms with van der Waals surface area (Å²) in [5, 5.41) is 3.26. The Labute approximate surface area is 121 Å². The number of carbonyl (C=O) groups is 1. The number of likely N-dealkylation sites (tertiary alicyclic amines) is 2. The molecule has 1 saturated carbocycles. The summed E-state index contributed by atoms with van der Waals surface area (Å²) in [6, 6.07) is 1.15. The molecule has 2 saturated heterocycles. The normalized spacial score (nSPS) is 31.9. The Balaban J connectivity index is 1.51. The Morgan fingerprint density at radius 3 is 2.80 bits per heavy atom. The van der Waals surface area contributed by atoms with Crippen LogP contribution in [0.5, 0.6) is 0 Å². The maximum Gasteiger partial charge on any atom is 0.237 e. The van der Waals surface area contributed by atoms with E-state index in [4.69, 9.17) is 6.42 Å². The van der Waals surface area contributed by atoms with Crippen molar-refractivity contribution >= 4 is 5.91 Å². The summed E-state index contributed by atoms with van der Waals surface area (Å²) in [5.74, 6) is 2.88. The van der Waals surface area contributed by atoms with Gasteiger partial charge in [-0.15, -0.1) is 6.42 Å². The highest BCUT2D eigenvalue weighted by Gasteiger charge is 2.36. The van der Waals surface area contributed by atoms with Crippen LogP contribution in [0.1, 0.15) is 38.5 Å². The van der Waals surface area contributed by atoms with E-state index in [1.807, 2.05) is 0 Å². The highest BCUT2D eigenvalue weighted by atomic mass is 16.2. The number of rotatable bonds is 4. The fraction of sp³-hybridized carbons (Fsp3) is 0.812. The first-order valence-corrected chi connectivity index (χ1v) is 8.00. The smallest absolute Gasteiger partial charge is 0.237 e. The van der Waals surface area contributed by atoms with Gasteiger partial charge in [0.2, 0.25) is 5.91 Å². The van der Waals surface area contributed by atoms with Gasteiger partial charge in [0.1, 0.15) is 0 Å². The summed E-state index contributed by atoms with van der Waals surface area (Å²) < 4.78 is 0. The van der Waals surface area contributed by atoms with Gasteiger partial charge in [0.05, 0.1) is 12.6 Å². The van der Waals surface area contributed by atoms with Crippen LogP contribution in [0.4, 0.5) is 0 Å². The zero-order chi connectivity index (χ0) is 13.9. The van der Waals surface area contributed by atoms with Gasteiger partial charge in [0.15, 0.2) is 0 Å². The Morgan fingerprint density at radius 2 is 2.05 bits per heavy atom. The van der Waals surface area contributed by atoms with E-state index in [9.17, 15) is 4.79 Å². The van der Waals surface area contributed by atoms with Crippen LogP contribution >= 0.6 is 0 Å². The molecule has 3 fully saturated rings. The number of piperidine rings is 1. The minimum Gasteiger partial charge on any atom is -0.351 e. The molecule has 0 radical (unpaired) electrons. The van der Waals surface area contributed by atoms with E-state index < -0.39 is 0 Å². The second kappa shape index (κ2) is 6.15. The molecule has 1 aliphatic carbocycles. The molecule has 0 spiro atoms. The van der Waals surface area contributed by atoms with E-state index in [0.717, 1.165) is 51.4 Å². The van der Waals surface area contributed by atoms with Crippen LogP contribution < -0.4 is 5.32 Å². The molecule has 110 valence electrons. The summed E-state index contributed by atoms with van der Waals surface area (Å²) in [6.07, 6.45) is 12.5. The summed E-state index contributed by atoms with van der Waals surface area (Å²) in [6.45, 7) is 3.74. The summed E-state index contributed by atoms with van der Waals surface area (Å²) in [7, 11) is 0. The number of terminal acetylenes is 1. The highest BCUT2D eigenvalue weighted by Crippen LogP contribution is 2.29. The molecule has 0 aromatic rings. The van der Waals surface area contributed by atoms with E-state index in [-0.39, 0.29) is 11.9 Å². The van der Waals surface area contributed by atoms with Gasteiger partial charge in [-0.2, -0.15) is 0 Å². The van der Waals surface area contributed by atoms with Crippen molar-refractivity contribution in [2.45, 2.75) is 56.7 Å². The molecule has 1 amide bonds. The van der Waals surface area contributed by atoms with Crippen molar-refractivity contribution in [3.05, 3.63) is 0 Å². The fourth-order valence-corrected chi connectivity index (χ4v) is 3.57. The Bertz CT molecular complexity index is 399. The Hall–Kier alpha value is -1.05. The average Bonchev–Trinajstić information content (AvgIpc) is 3.20. The van der Waals surface area contributed by atoms with Crippen molar-refractivity contribution in [1.82, 2.24) is 15.1 Å². The second-order valence-corrected chi connectivity index (χ2v) is 6.41. The van der Waals surface area contributed by atoms with Crippen molar-refractivity contribution < 1.29 is 4.79 Å². The minimum atomic E-state index is -0.00484. The molecule has 1 N–H and O–H groups in total. The van der Waals surface area contributed by atoms with Gasteiger partial charge < -0.3 is 5.32 Å². The van der Waals surface area contributed by atoms with Gasteiger partial charge in [-0.1, -0.05) is 12.3 Å². The van der Waals surface area contributed by atoms with Crippen LogP contribution in [0.3, 0.4) is 0 Å². The molecule has 4 nitrogen and oxygen atoms in total. The number of carbonyl (C=O) groups excluding carboxylic acids is 1. The van der Waals surface area contributed by atoms with Crippen molar-refractivity contribution in [3.63, 3.8) is 0 Å². The lowest BCUT2D eigenvalue weighted by Crippen LogP contribution is -2.52. The molecule has 0 aromatic carbocycles. The van der Waals surface area contributed by atoms with Crippen molar-refractivity contribution in [3.8, 4) is 12.3 Å². The standard InChI is InChI=1S/C16H25N3O/c1-2-9-18-10-4-3-5-15(18)16(20)17-13-8-11-19(12-13)14-6-7-14/h1,13-15H,3-12H2,(H,17,20)/t13-,15-/m0/s1. The largest absolute Gasteiger partial charge is 0.351 e. The minimum absolute atomic E-state index is 0.00484. The molecule has 2 atom stereocenters. The van der Waals surface area contributed by atoms with E-state index in [1.54, 1.807) is 0 Å². The Morgan fingerprint density at radius 1 is 1.20 bits per heavy atom. The van der Waals surface area contributed by atoms with E-state index in [1.165, 1.54) is 12.8 Å². The maximum atomic E-state index is 12.5. The molecule has 2 heterocycles. The van der Waals surface area contributed by atoms with Gasteiger partial charge in [-0.25, -0.2) is 0 Å². The molecule has 0 aromatic heterocycles. The van der Waals surface area contributed by atoms with E-state index in [2.05, 4.69) is 21.0 Å². The number of nitrogens with zero attached hydrogens (tertiary/aromatic N) is 2. The molecule has 0 unspecified atom stereocenters. The molecular formula is C16H25N3O. The molecule has 2 aliphatic heterocycles. The van der Waals surface area contributed by atoms with Gasteiger partial charge in [0.25, 0.3) is 0 Å². The molecule has 3 aliphatic rings. The number of nitrogens with one attached hydrogen (secondary N) is 1. The average molecular weight is 275 g/mol. The lowest BCUT2D eigenvalue weighted by Gasteiger charge is -2.33. The lowest BCUT2D eigenvalue weighted by atomic mass is 10.0. The molecule has 0 bridgehead atoms. The summed E-state index contributed by atoms with van der Waals surface area (Å²) in [4.78, 5) is 17.2. The SMILES string of the molecule is C#CCN1CCCC[C@H]1C(=O)N[C@H]1CCN(C2CC2)C1. The van der Waals surface area contributed by atoms with Gasteiger partial charge in [-0.05, 0) is 38.6 Å². The molecular weight excluding hydrogens is 250 g/mol. The van der Waals surface area contributed by atoms with Crippen LogP contribution in [0, 0.1) is 12.3 Å². The predicted octanol–water partition coefficient (Wildman–Crippen LogP) is 0.827. The van der Waals surface area contributed by atoms with E-state index >= 15 is 0 Å². The zero-order valence-electron chi connectivity index (χ0n) is 12.2. The van der Waals surface area contributed by atoms with Gasteiger partial charge in [-0.3, -0.25) is 14.6 Å². The monoisotopic (exact) mass is 275 g/mol. The molecule has 20 heavy (non-hydrogen) atoms. The highest BCUT2D eigenvalue weighted by molar-refractivity contribution is 5.82. The topological polar surface area (TPSA) is 35.6 Å². The van der Waals surface area contributed by atoms with E-state index in [0.29, 0.717) is 12.6 Å². The number of hydrogen-bond donors (Lipinski definition) is 1. The first-order valence-electron chi connectivity index (χ1n) is 8.00. The molecule has 4 heteroatoms. The van der Waals surface area contributed by atoms with Crippen molar-refractivity contribution in [1.29, 1.82) is 0 Å². The second-order valence-electron chi connectivity index (χ2n) is 6.41. The van der Waals surface area contributed by atoms with Crippen LogP contribution in [-0.4, -0.2) is 60.0 Å². The summed E-state index contributed by atoms with van der Waals surface area (Å²) >= 11 is 0. The quantitative estimate of drug-likeness (QED) is 0.772. The van der Waals surface area contributed by atoms with Crippen LogP contribution in [0.25, 0.3) is 0 Å². The lowest BCUT2D eigenvalue weighted by molar-refractivity contribution is -0.128. The predicted molar refractivity (Wildman–Crippen MR) is 79.2 cm³/mol. The third kappa shape index (κ3) is 3.16. The number of hydrogen-bond acceptors (Lipinski definition) is 3. The van der Waals surface area contributed by atoms with Gasteiger partial charge >= 0.3 is 0 Å². The number of amides is 1. The van der Waals surface area contributed by atoms with Gasteiger partial charge in [0, 0.05) is 25.2 Å². The van der Waals surface area contributed by atoms with Crippen molar-refractivity contribution in [2.24, 2.45) is 0 Å². The Kier molecular flexibility index (Phi) is 4.28. The molecule has 3 rings (SSSR count). The fourth-order valence-electron chi connectivity index (χ4n) is 3.57. The third-order valence-electron chi connectivity index (χ3n) is 4.84. The summed E-state index contributed by atoms with van der Waals surface area (Å²) in [5.41, 5.74) is 0. The van der Waals surface area contributed by atoms with Crippen LogP contribution in [0.15, 0.2) is 0 Å². The first kappa shape index (κ1) is 13.9. The third-order valence-corrected chi connectivity index (χ3v) is 4.84. The zero-order valence-corrected chi connectivity index (χ0v) is 12.2. The first-order chi connectivity index (χ1) is 9.78.